The third kappa shape index (κ3) is 2.49. The molecule has 0 radical (unpaired) electrons. The summed E-state index contributed by atoms with van der Waals surface area (Å²) in [5, 5.41) is 6.62. The van der Waals surface area contributed by atoms with Gasteiger partial charge in [0.05, 0.1) is 30.7 Å². The third-order valence-corrected chi connectivity index (χ3v) is 5.40. The number of ether oxygens (including phenoxy) is 1. The van der Waals surface area contributed by atoms with Gasteiger partial charge in [-0.05, 0) is 13.8 Å². The van der Waals surface area contributed by atoms with Crippen LogP contribution < -0.4 is 4.74 Å². The SMILES string of the molecule is Cc1n[nH]c(C)c1S(=O)(=O)N1CC(Oc2cnccn2)C1. The molecule has 2 aromatic heterocycles. The number of nitrogens with one attached hydrogen (secondary N) is 1. The molecule has 1 N–H and O–H groups in total. The Morgan fingerprint density at radius 3 is 2.67 bits per heavy atom. The molecule has 0 amide bonds. The van der Waals surface area contributed by atoms with Gasteiger partial charge in [-0.1, -0.05) is 0 Å². The molecular weight excluding hydrogens is 294 g/mol. The van der Waals surface area contributed by atoms with Gasteiger partial charge < -0.3 is 4.74 Å². The Balaban J connectivity index is 1.69. The molecule has 8 nitrogen and oxygen atoms in total. The number of aryl methyl sites for hydroxylation is 2. The summed E-state index contributed by atoms with van der Waals surface area (Å²) >= 11 is 0. The van der Waals surface area contributed by atoms with Crippen molar-refractivity contribution in [2.75, 3.05) is 13.1 Å². The van der Waals surface area contributed by atoms with Crippen molar-refractivity contribution < 1.29 is 13.2 Å². The van der Waals surface area contributed by atoms with Crippen molar-refractivity contribution in [2.45, 2.75) is 24.8 Å². The zero-order chi connectivity index (χ0) is 15.0. The molecule has 2 aromatic rings. The van der Waals surface area contributed by atoms with Gasteiger partial charge in [-0.25, -0.2) is 13.4 Å². The molecule has 1 saturated heterocycles. The minimum absolute atomic E-state index is 0.205. The molecule has 0 aromatic carbocycles. The number of aromatic amines is 1. The summed E-state index contributed by atoms with van der Waals surface area (Å²) in [6.45, 7) is 3.95. The van der Waals surface area contributed by atoms with E-state index in [0.29, 0.717) is 30.4 Å². The largest absolute Gasteiger partial charge is 0.470 e. The molecule has 0 saturated carbocycles. The van der Waals surface area contributed by atoms with E-state index in [0.717, 1.165) is 0 Å². The van der Waals surface area contributed by atoms with Crippen molar-refractivity contribution in [2.24, 2.45) is 0 Å². The summed E-state index contributed by atoms with van der Waals surface area (Å²) in [5.41, 5.74) is 1.02. The topological polar surface area (TPSA) is 101 Å². The lowest BCUT2D eigenvalue weighted by molar-refractivity contribution is 0.0716. The van der Waals surface area contributed by atoms with E-state index in [1.54, 1.807) is 20.0 Å². The van der Waals surface area contributed by atoms with E-state index >= 15 is 0 Å². The van der Waals surface area contributed by atoms with Crippen LogP contribution in [0.1, 0.15) is 11.4 Å². The molecule has 3 rings (SSSR count). The van der Waals surface area contributed by atoms with Crippen molar-refractivity contribution in [3.63, 3.8) is 0 Å². The smallest absolute Gasteiger partial charge is 0.246 e. The Kier molecular flexibility index (Phi) is 3.38. The summed E-state index contributed by atoms with van der Waals surface area (Å²) in [4.78, 5) is 8.14. The van der Waals surface area contributed by atoms with Gasteiger partial charge in [0.2, 0.25) is 15.9 Å². The van der Waals surface area contributed by atoms with Crippen LogP contribution in [0.2, 0.25) is 0 Å². The maximum absolute atomic E-state index is 12.5. The highest BCUT2D eigenvalue weighted by Gasteiger charge is 2.40. The third-order valence-electron chi connectivity index (χ3n) is 3.30. The first-order chi connectivity index (χ1) is 9.98. The van der Waals surface area contributed by atoms with Crippen LogP contribution in [0, 0.1) is 13.8 Å². The molecule has 1 aliphatic heterocycles. The van der Waals surface area contributed by atoms with Gasteiger partial charge in [0, 0.05) is 12.4 Å². The molecule has 1 fully saturated rings. The maximum Gasteiger partial charge on any atom is 0.246 e. The van der Waals surface area contributed by atoms with Crippen LogP contribution in [0.15, 0.2) is 23.5 Å². The molecule has 1 aliphatic rings. The van der Waals surface area contributed by atoms with Crippen LogP contribution in [0.4, 0.5) is 0 Å². The summed E-state index contributed by atoms with van der Waals surface area (Å²) in [6, 6.07) is 0. The van der Waals surface area contributed by atoms with E-state index in [1.807, 2.05) is 0 Å². The van der Waals surface area contributed by atoms with Crippen molar-refractivity contribution in [1.29, 1.82) is 0 Å². The highest BCUT2D eigenvalue weighted by Crippen LogP contribution is 2.26. The van der Waals surface area contributed by atoms with Crippen LogP contribution in [0.5, 0.6) is 5.88 Å². The molecule has 0 atom stereocenters. The van der Waals surface area contributed by atoms with Gasteiger partial charge in [-0.2, -0.15) is 9.40 Å². The van der Waals surface area contributed by atoms with Gasteiger partial charge in [-0.15, -0.1) is 0 Å². The Morgan fingerprint density at radius 1 is 1.33 bits per heavy atom. The number of aromatic nitrogens is 4. The average Bonchev–Trinajstić information content (AvgIpc) is 2.74. The first-order valence-corrected chi connectivity index (χ1v) is 7.87. The van der Waals surface area contributed by atoms with E-state index < -0.39 is 10.0 Å². The lowest BCUT2D eigenvalue weighted by Gasteiger charge is -2.37. The molecule has 0 spiro atoms. The predicted molar refractivity (Wildman–Crippen MR) is 73.3 cm³/mol. The molecule has 112 valence electrons. The maximum atomic E-state index is 12.5. The summed E-state index contributed by atoms with van der Waals surface area (Å²) < 4.78 is 31.9. The molecule has 0 aliphatic carbocycles. The van der Waals surface area contributed by atoms with Crippen LogP contribution in [-0.2, 0) is 10.0 Å². The summed E-state index contributed by atoms with van der Waals surface area (Å²) in [6.07, 6.45) is 4.38. The number of hydrogen-bond donors (Lipinski definition) is 1. The molecule has 21 heavy (non-hydrogen) atoms. The Bertz CT molecular complexity index is 718. The standard InChI is InChI=1S/C12H15N5O3S/c1-8-12(9(2)16-15-8)21(18,19)17-6-10(7-17)20-11-5-13-3-4-14-11/h3-5,10H,6-7H2,1-2H3,(H,15,16). The first-order valence-electron chi connectivity index (χ1n) is 6.43. The number of nitrogens with zero attached hydrogens (tertiary/aromatic N) is 4. The Labute approximate surface area is 122 Å². The van der Waals surface area contributed by atoms with E-state index in [1.165, 1.54) is 16.7 Å². The normalized spacial score (nSPS) is 16.7. The number of rotatable bonds is 4. The molecular formula is C12H15N5O3S. The van der Waals surface area contributed by atoms with E-state index in [-0.39, 0.29) is 11.0 Å². The average molecular weight is 309 g/mol. The number of H-pyrrole nitrogens is 1. The lowest BCUT2D eigenvalue weighted by Crippen LogP contribution is -2.56. The van der Waals surface area contributed by atoms with Gasteiger partial charge in [-0.3, -0.25) is 10.1 Å². The second kappa shape index (κ2) is 5.08. The summed E-state index contributed by atoms with van der Waals surface area (Å²) in [7, 11) is -3.52. The minimum Gasteiger partial charge on any atom is -0.470 e. The number of sulfonamides is 1. The van der Waals surface area contributed by atoms with Crippen LogP contribution in [-0.4, -0.2) is 52.1 Å². The fourth-order valence-corrected chi connectivity index (χ4v) is 4.07. The van der Waals surface area contributed by atoms with Crippen molar-refractivity contribution in [3.05, 3.63) is 30.0 Å². The number of hydrogen-bond acceptors (Lipinski definition) is 6. The van der Waals surface area contributed by atoms with Gasteiger partial charge in [0.15, 0.2) is 0 Å². The van der Waals surface area contributed by atoms with Crippen LogP contribution in [0.25, 0.3) is 0 Å². The first kappa shape index (κ1) is 14.0. The summed E-state index contributed by atoms with van der Waals surface area (Å²) in [5.74, 6) is 0.398. The van der Waals surface area contributed by atoms with E-state index in [4.69, 9.17) is 4.74 Å². The minimum atomic E-state index is -3.52. The van der Waals surface area contributed by atoms with Crippen LogP contribution >= 0.6 is 0 Å². The fraction of sp³-hybridized carbons (Fsp3) is 0.417. The second-order valence-electron chi connectivity index (χ2n) is 4.87. The van der Waals surface area contributed by atoms with E-state index in [2.05, 4.69) is 20.2 Å². The molecule has 0 unspecified atom stereocenters. The molecule has 0 bridgehead atoms. The zero-order valence-corrected chi connectivity index (χ0v) is 12.5. The lowest BCUT2D eigenvalue weighted by atomic mass is 10.2. The Morgan fingerprint density at radius 2 is 2.10 bits per heavy atom. The van der Waals surface area contributed by atoms with Crippen molar-refractivity contribution in [1.82, 2.24) is 24.5 Å². The monoisotopic (exact) mass is 309 g/mol. The predicted octanol–water partition coefficient (Wildman–Crippen LogP) is 0.268. The van der Waals surface area contributed by atoms with E-state index in [9.17, 15) is 8.42 Å². The van der Waals surface area contributed by atoms with Crippen molar-refractivity contribution in [3.8, 4) is 5.88 Å². The molecule has 3 heterocycles. The van der Waals surface area contributed by atoms with Gasteiger partial charge in [0.25, 0.3) is 0 Å². The highest BCUT2D eigenvalue weighted by atomic mass is 32.2. The van der Waals surface area contributed by atoms with Crippen LogP contribution in [0.3, 0.4) is 0 Å². The zero-order valence-electron chi connectivity index (χ0n) is 11.6. The highest BCUT2D eigenvalue weighted by molar-refractivity contribution is 7.89. The Hall–Kier alpha value is -2.00. The quantitative estimate of drug-likeness (QED) is 0.870. The molecule has 9 heteroatoms. The van der Waals surface area contributed by atoms with Gasteiger partial charge >= 0.3 is 0 Å². The fourth-order valence-electron chi connectivity index (χ4n) is 2.24. The second-order valence-corrected chi connectivity index (χ2v) is 6.74. The van der Waals surface area contributed by atoms with Crippen molar-refractivity contribution >= 4 is 10.0 Å². The van der Waals surface area contributed by atoms with Gasteiger partial charge in [0.1, 0.15) is 11.0 Å².